The van der Waals surface area contributed by atoms with E-state index in [1.54, 1.807) is 0 Å². The molecule has 0 radical (unpaired) electrons. The van der Waals surface area contributed by atoms with E-state index < -0.39 is 5.60 Å². The zero-order valence-electron chi connectivity index (χ0n) is 20.2. The van der Waals surface area contributed by atoms with Gasteiger partial charge in [-0.05, 0) is 50.3 Å². The number of rotatable bonds is 4. The summed E-state index contributed by atoms with van der Waals surface area (Å²) in [5.74, 6) is 0.319. The summed E-state index contributed by atoms with van der Waals surface area (Å²) >= 11 is 0. The van der Waals surface area contributed by atoms with Gasteiger partial charge in [0.05, 0.1) is 13.2 Å². The third-order valence-electron chi connectivity index (χ3n) is 7.54. The van der Waals surface area contributed by atoms with Gasteiger partial charge in [0.25, 0.3) is 11.8 Å². The molecule has 2 amide bonds. The van der Waals surface area contributed by atoms with Crippen LogP contribution in [-0.4, -0.2) is 73.2 Å². The summed E-state index contributed by atoms with van der Waals surface area (Å²) in [6.07, 6.45) is 1.95. The lowest BCUT2D eigenvalue weighted by Gasteiger charge is -2.42. The summed E-state index contributed by atoms with van der Waals surface area (Å²) in [7, 11) is 0. The fourth-order valence-electron chi connectivity index (χ4n) is 5.87. The van der Waals surface area contributed by atoms with Gasteiger partial charge in [0.2, 0.25) is 0 Å². The highest BCUT2D eigenvalue weighted by Crippen LogP contribution is 2.43. The molecule has 0 saturated carbocycles. The lowest BCUT2D eigenvalue weighted by Crippen LogP contribution is -2.59. The van der Waals surface area contributed by atoms with Gasteiger partial charge in [-0.1, -0.05) is 47.5 Å². The summed E-state index contributed by atoms with van der Waals surface area (Å²) in [5.41, 5.74) is 2.85. The first-order chi connectivity index (χ1) is 16.5. The molecular formula is C28H34N2O4. The van der Waals surface area contributed by atoms with Crippen molar-refractivity contribution in [2.45, 2.75) is 38.2 Å². The number of morpholine rings is 1. The maximum absolute atomic E-state index is 14.0. The second-order valence-electron chi connectivity index (χ2n) is 10.1. The minimum atomic E-state index is -1.04. The summed E-state index contributed by atoms with van der Waals surface area (Å²) in [4.78, 5) is 31.3. The number of hydrogen-bond acceptors (Lipinski definition) is 4. The van der Waals surface area contributed by atoms with Crippen LogP contribution in [0.3, 0.4) is 0 Å². The van der Waals surface area contributed by atoms with Crippen LogP contribution in [0.1, 0.15) is 45.8 Å². The normalized spacial score (nSPS) is 25.8. The lowest BCUT2D eigenvalue weighted by atomic mass is 9.83. The highest BCUT2D eigenvalue weighted by Gasteiger charge is 2.58. The molecule has 6 heteroatoms. The molecule has 0 unspecified atom stereocenters. The highest BCUT2D eigenvalue weighted by atomic mass is 16.5. The third-order valence-corrected chi connectivity index (χ3v) is 7.54. The van der Waals surface area contributed by atoms with Crippen LogP contribution in [-0.2, 0) is 14.3 Å². The average Bonchev–Trinajstić information content (AvgIpc) is 3.10. The van der Waals surface area contributed by atoms with Gasteiger partial charge in [0, 0.05) is 44.3 Å². The van der Waals surface area contributed by atoms with E-state index in [4.69, 9.17) is 9.47 Å². The molecule has 180 valence electrons. The summed E-state index contributed by atoms with van der Waals surface area (Å²) in [5, 5.41) is 0. The molecule has 3 heterocycles. The van der Waals surface area contributed by atoms with Crippen LogP contribution in [0.2, 0.25) is 0 Å². The maximum atomic E-state index is 14.0. The minimum Gasteiger partial charge on any atom is -0.381 e. The highest BCUT2D eigenvalue weighted by molar-refractivity contribution is 5.96. The molecule has 2 atom stereocenters. The number of carbonyl (C=O) groups is 2. The van der Waals surface area contributed by atoms with E-state index in [1.807, 2.05) is 54.0 Å². The van der Waals surface area contributed by atoms with Crippen LogP contribution in [0.5, 0.6) is 0 Å². The first-order valence-electron chi connectivity index (χ1n) is 12.4. The molecule has 5 rings (SSSR count). The van der Waals surface area contributed by atoms with E-state index in [0.717, 1.165) is 49.3 Å². The predicted molar refractivity (Wildman–Crippen MR) is 130 cm³/mol. The van der Waals surface area contributed by atoms with Crippen molar-refractivity contribution >= 4 is 11.8 Å². The largest absolute Gasteiger partial charge is 0.381 e. The van der Waals surface area contributed by atoms with Gasteiger partial charge < -0.3 is 19.3 Å². The van der Waals surface area contributed by atoms with E-state index in [2.05, 4.69) is 18.2 Å². The van der Waals surface area contributed by atoms with Crippen molar-refractivity contribution in [3.05, 3.63) is 70.8 Å². The van der Waals surface area contributed by atoms with E-state index in [-0.39, 0.29) is 24.3 Å². The Labute approximate surface area is 201 Å². The molecule has 3 aliphatic heterocycles. The predicted octanol–water partition coefficient (Wildman–Crippen LogP) is 3.57. The molecule has 0 aliphatic carbocycles. The van der Waals surface area contributed by atoms with Gasteiger partial charge >= 0.3 is 0 Å². The molecule has 0 bridgehead atoms. The molecule has 34 heavy (non-hydrogen) atoms. The quantitative estimate of drug-likeness (QED) is 0.697. The topological polar surface area (TPSA) is 59.1 Å². The number of likely N-dealkylation sites (tertiary alicyclic amines) is 1. The van der Waals surface area contributed by atoms with E-state index in [1.165, 1.54) is 0 Å². The van der Waals surface area contributed by atoms with Crippen LogP contribution in [0.25, 0.3) is 0 Å². The Morgan fingerprint density at radius 2 is 1.74 bits per heavy atom. The molecule has 1 spiro atoms. The van der Waals surface area contributed by atoms with Gasteiger partial charge in [0.1, 0.15) is 0 Å². The number of aryl methyl sites for hydroxylation is 2. The molecule has 3 saturated heterocycles. The number of carbonyl (C=O) groups excluding carboxylic acids is 2. The SMILES string of the molecule is Cc1cc(C)cc(C(=O)N2CCO[C@]3(C2)C(=O)N(CC2CCOCC2)C[C@H]3c2ccccc2)c1. The molecule has 0 aromatic heterocycles. The van der Waals surface area contributed by atoms with Crippen molar-refractivity contribution in [1.82, 2.24) is 9.80 Å². The number of hydrogen-bond donors (Lipinski definition) is 0. The standard InChI is InChI=1S/C28H34N2O4/c1-20-14-21(2)16-24(15-20)26(31)29-10-13-34-28(19-29)25(23-6-4-3-5-7-23)18-30(27(28)32)17-22-8-11-33-12-9-22/h3-7,14-16,22,25H,8-13,17-19H2,1-2H3/t25-,28-/m0/s1. The maximum Gasteiger partial charge on any atom is 0.257 e. The number of nitrogens with zero attached hydrogens (tertiary/aromatic N) is 2. The van der Waals surface area contributed by atoms with Crippen molar-refractivity contribution in [3.8, 4) is 0 Å². The molecule has 3 fully saturated rings. The van der Waals surface area contributed by atoms with Gasteiger partial charge in [-0.3, -0.25) is 9.59 Å². The van der Waals surface area contributed by atoms with Gasteiger partial charge in [-0.15, -0.1) is 0 Å². The zero-order chi connectivity index (χ0) is 23.7. The third kappa shape index (κ3) is 4.37. The Hall–Kier alpha value is -2.70. The van der Waals surface area contributed by atoms with Crippen molar-refractivity contribution in [3.63, 3.8) is 0 Å². The molecule has 2 aromatic carbocycles. The van der Waals surface area contributed by atoms with Crippen LogP contribution >= 0.6 is 0 Å². The Kier molecular flexibility index (Phi) is 6.45. The van der Waals surface area contributed by atoms with Crippen LogP contribution < -0.4 is 0 Å². The fraction of sp³-hybridized carbons (Fsp3) is 0.500. The smallest absolute Gasteiger partial charge is 0.257 e. The van der Waals surface area contributed by atoms with E-state index >= 15 is 0 Å². The van der Waals surface area contributed by atoms with Crippen molar-refractivity contribution in [2.24, 2.45) is 5.92 Å². The molecular weight excluding hydrogens is 428 g/mol. The summed E-state index contributed by atoms with van der Waals surface area (Å²) in [6, 6.07) is 16.1. The molecule has 0 N–H and O–H groups in total. The van der Waals surface area contributed by atoms with Gasteiger partial charge in [0.15, 0.2) is 5.60 Å². The van der Waals surface area contributed by atoms with E-state index in [9.17, 15) is 9.59 Å². The number of benzene rings is 2. The first kappa shape index (κ1) is 23.1. The molecule has 3 aliphatic rings. The summed E-state index contributed by atoms with van der Waals surface area (Å²) < 4.78 is 11.9. The lowest BCUT2D eigenvalue weighted by molar-refractivity contribution is -0.160. The van der Waals surface area contributed by atoms with Crippen molar-refractivity contribution < 1.29 is 19.1 Å². The Morgan fingerprint density at radius 1 is 1.03 bits per heavy atom. The zero-order valence-corrected chi connectivity index (χ0v) is 20.2. The monoisotopic (exact) mass is 462 g/mol. The van der Waals surface area contributed by atoms with Crippen molar-refractivity contribution in [1.29, 1.82) is 0 Å². The number of ether oxygens (including phenoxy) is 2. The number of amides is 2. The van der Waals surface area contributed by atoms with Gasteiger partial charge in [-0.2, -0.15) is 0 Å². The fourth-order valence-corrected chi connectivity index (χ4v) is 5.87. The molecule has 6 nitrogen and oxygen atoms in total. The van der Waals surface area contributed by atoms with Gasteiger partial charge in [-0.25, -0.2) is 0 Å². The summed E-state index contributed by atoms with van der Waals surface area (Å²) in [6.45, 7) is 7.99. The Bertz CT molecular complexity index is 1030. The van der Waals surface area contributed by atoms with E-state index in [0.29, 0.717) is 31.2 Å². The Balaban J connectivity index is 1.44. The Morgan fingerprint density at radius 3 is 2.44 bits per heavy atom. The van der Waals surface area contributed by atoms with Crippen LogP contribution in [0.15, 0.2) is 48.5 Å². The van der Waals surface area contributed by atoms with Crippen LogP contribution in [0, 0.1) is 19.8 Å². The van der Waals surface area contributed by atoms with Crippen molar-refractivity contribution in [2.75, 3.05) is 46.0 Å². The second-order valence-corrected chi connectivity index (χ2v) is 10.1. The first-order valence-corrected chi connectivity index (χ1v) is 12.4. The minimum absolute atomic E-state index is 0.0192. The average molecular weight is 463 g/mol. The molecule has 2 aromatic rings. The van der Waals surface area contributed by atoms with Crippen LogP contribution in [0.4, 0.5) is 0 Å². The second kappa shape index (κ2) is 9.51.